The molecule has 5 aromatic heterocycles. The summed E-state index contributed by atoms with van der Waals surface area (Å²) in [5.41, 5.74) is 6.27. The molecule has 0 aliphatic rings. The molecule has 0 unspecified atom stereocenters. The number of para-hydroxylation sites is 1. The Labute approximate surface area is 246 Å². The van der Waals surface area contributed by atoms with Crippen LogP contribution in [0, 0.1) is 25.8 Å². The molecule has 8 aromatic rings. The van der Waals surface area contributed by atoms with E-state index < -0.39 is 13.7 Å². The molecule has 0 spiro atoms. The van der Waals surface area contributed by atoms with E-state index in [9.17, 15) is 0 Å². The predicted molar refractivity (Wildman–Crippen MR) is 152 cm³/mol. The molecule has 0 aliphatic carbocycles. The van der Waals surface area contributed by atoms with Crippen molar-refractivity contribution in [3.05, 3.63) is 121 Å². The van der Waals surface area contributed by atoms with Crippen LogP contribution in [0.5, 0.6) is 0 Å². The second kappa shape index (κ2) is 10.1. The molecule has 0 bridgehead atoms. The van der Waals surface area contributed by atoms with Crippen molar-refractivity contribution in [3.63, 3.8) is 0 Å². The number of nitrogens with zero attached hydrogens (tertiary/aromatic N) is 4. The summed E-state index contributed by atoms with van der Waals surface area (Å²) in [6, 6.07) is 32.1. The molecular weight excluding hydrogens is 661 g/mol. The Hall–Kier alpha value is -4.38. The van der Waals surface area contributed by atoms with E-state index in [1.54, 1.807) is 28.8 Å². The number of aromatic nitrogens is 4. The number of hydrogen-bond donors (Lipinski definition) is 0. The maximum atomic E-state index is 7.74. The maximum absolute atomic E-state index is 7.74. The van der Waals surface area contributed by atoms with Gasteiger partial charge < -0.3 is 14.4 Å². The van der Waals surface area contributed by atoms with Crippen LogP contribution in [0.2, 0.25) is 0 Å². The average Bonchev–Trinajstić information content (AvgIpc) is 3.58. The number of rotatable bonds is 1. The molecule has 0 amide bonds. The third kappa shape index (κ3) is 4.28. The van der Waals surface area contributed by atoms with E-state index in [4.69, 9.17) is 17.7 Å². The first-order valence-corrected chi connectivity index (χ1v) is 12.0. The van der Waals surface area contributed by atoms with Gasteiger partial charge in [0.2, 0.25) is 0 Å². The topological polar surface area (TPSA) is 56.2 Å². The first kappa shape index (κ1) is 18.8. The Morgan fingerprint density at radius 1 is 0.795 bits per heavy atom. The van der Waals surface area contributed by atoms with E-state index in [1.165, 1.54) is 12.4 Å². The van der Waals surface area contributed by atoms with Crippen molar-refractivity contribution >= 4 is 49.4 Å². The summed E-state index contributed by atoms with van der Waals surface area (Å²) < 4.78 is 52.8. The number of fused-ring (bicyclic) bond motifs is 10. The van der Waals surface area contributed by atoms with Crippen molar-refractivity contribution in [2.24, 2.45) is 0 Å². The fraction of sp³-hybridized carbons (Fsp3) is 0.0606. The molecule has 39 heavy (non-hydrogen) atoms. The Balaban J connectivity index is 0.000000181. The van der Waals surface area contributed by atoms with Gasteiger partial charge in [-0.2, -0.15) is 5.10 Å². The van der Waals surface area contributed by atoms with Crippen LogP contribution < -0.4 is 0 Å². The minimum Gasteiger partial charge on any atom is -0.453 e. The second-order valence-electron chi connectivity index (χ2n) is 8.80. The van der Waals surface area contributed by atoms with Crippen LogP contribution in [0.15, 0.2) is 102 Å². The van der Waals surface area contributed by atoms with Crippen LogP contribution in [0.25, 0.3) is 60.6 Å². The molecule has 8 rings (SSSR count). The summed E-state index contributed by atoms with van der Waals surface area (Å²) >= 11 is 0. The van der Waals surface area contributed by atoms with Crippen molar-refractivity contribution in [1.29, 1.82) is 0 Å². The SMILES string of the molecule is [2H]C([2H])([2H])c1ccc(-c2[c-]cccc2)nc1.[2H]C([2H])([2H])c1cnc2c3[c-]cccc3c3c4oc5ccccc5c4nn3c2c1.[Ir]. The van der Waals surface area contributed by atoms with Crippen molar-refractivity contribution in [2.45, 2.75) is 13.7 Å². The van der Waals surface area contributed by atoms with Crippen LogP contribution in [-0.4, -0.2) is 19.6 Å². The quantitative estimate of drug-likeness (QED) is 0.130. The molecule has 6 heteroatoms. The van der Waals surface area contributed by atoms with Gasteiger partial charge in [0, 0.05) is 57.1 Å². The predicted octanol–water partition coefficient (Wildman–Crippen LogP) is 7.90. The fourth-order valence-corrected chi connectivity index (χ4v) is 4.69. The third-order valence-electron chi connectivity index (χ3n) is 6.39. The molecule has 0 saturated carbocycles. The fourth-order valence-electron chi connectivity index (χ4n) is 4.69. The first-order chi connectivity index (χ1) is 21.1. The molecule has 1 radical (unpaired) electrons. The Morgan fingerprint density at radius 2 is 1.62 bits per heavy atom. The average molecular weight is 689 g/mol. The van der Waals surface area contributed by atoms with Gasteiger partial charge in [0.25, 0.3) is 0 Å². The maximum Gasteiger partial charge on any atom is 0.172 e. The third-order valence-corrected chi connectivity index (χ3v) is 6.39. The van der Waals surface area contributed by atoms with Crippen LogP contribution in [0.1, 0.15) is 19.4 Å². The van der Waals surface area contributed by atoms with Crippen LogP contribution in [0.3, 0.4) is 0 Å². The van der Waals surface area contributed by atoms with Gasteiger partial charge in [0.15, 0.2) is 5.58 Å². The molecule has 0 saturated heterocycles. The second-order valence-corrected chi connectivity index (χ2v) is 8.80. The van der Waals surface area contributed by atoms with Crippen molar-refractivity contribution < 1.29 is 32.7 Å². The largest absolute Gasteiger partial charge is 0.453 e. The number of hydrogen-bond acceptors (Lipinski definition) is 4. The minimum atomic E-state index is -2.25. The van der Waals surface area contributed by atoms with Gasteiger partial charge in [-0.25, -0.2) is 4.52 Å². The first-order valence-electron chi connectivity index (χ1n) is 15.0. The van der Waals surface area contributed by atoms with Gasteiger partial charge in [0.05, 0.1) is 5.52 Å². The smallest absolute Gasteiger partial charge is 0.172 e. The van der Waals surface area contributed by atoms with Gasteiger partial charge in [-0.3, -0.25) is 0 Å². The molecule has 0 N–H and O–H groups in total. The van der Waals surface area contributed by atoms with Crippen LogP contribution in [0.4, 0.5) is 0 Å². The zero-order valence-electron chi connectivity index (χ0n) is 26.3. The molecule has 191 valence electrons. The van der Waals surface area contributed by atoms with Gasteiger partial charge in [-0.15, -0.1) is 65.5 Å². The van der Waals surface area contributed by atoms with Gasteiger partial charge >= 0.3 is 0 Å². The monoisotopic (exact) mass is 689 g/mol. The molecular formula is C33H22IrN4O-2. The zero-order valence-corrected chi connectivity index (χ0v) is 22.7. The zero-order chi connectivity index (χ0) is 30.6. The van der Waals surface area contributed by atoms with Gasteiger partial charge in [0.1, 0.15) is 11.1 Å². The number of aryl methyl sites for hydroxylation is 2. The normalized spacial score (nSPS) is 14.1. The Kier molecular flexibility index (Phi) is 4.85. The van der Waals surface area contributed by atoms with Gasteiger partial charge in [-0.1, -0.05) is 29.7 Å². The van der Waals surface area contributed by atoms with Crippen molar-refractivity contribution in [2.75, 3.05) is 0 Å². The summed E-state index contributed by atoms with van der Waals surface area (Å²) in [4.78, 5) is 8.58. The van der Waals surface area contributed by atoms with E-state index in [1.807, 2.05) is 60.7 Å². The summed E-state index contributed by atoms with van der Waals surface area (Å²) in [7, 11) is 0. The summed E-state index contributed by atoms with van der Waals surface area (Å²) in [5.74, 6) is 0. The summed E-state index contributed by atoms with van der Waals surface area (Å²) in [6.07, 6.45) is 2.80. The number of benzene rings is 3. The molecule has 0 atom stereocenters. The summed E-state index contributed by atoms with van der Waals surface area (Å²) in [6.45, 7) is -4.34. The van der Waals surface area contributed by atoms with E-state index in [0.717, 1.165) is 44.0 Å². The van der Waals surface area contributed by atoms with Crippen LogP contribution in [-0.2, 0) is 20.1 Å². The van der Waals surface area contributed by atoms with E-state index >= 15 is 0 Å². The Bertz CT molecular complexity index is 2310. The van der Waals surface area contributed by atoms with E-state index in [-0.39, 0.29) is 31.2 Å². The van der Waals surface area contributed by atoms with Crippen LogP contribution >= 0.6 is 0 Å². The standard InChI is InChI=1S/C21H12N3O.C12H10N.Ir/c1-12-10-16-18(22-11-12)13-6-2-3-7-14(13)20-21-19(23-24(16)20)15-8-4-5-9-17(15)25-21;1-10-7-8-12(13-9-10)11-5-3-2-4-6-11;/h2-5,7-11H,1H3;2-5,7-9H,1H3;/q2*-1;/i2*1D3;. The van der Waals surface area contributed by atoms with Gasteiger partial charge in [-0.05, 0) is 48.7 Å². The van der Waals surface area contributed by atoms with E-state index in [0.29, 0.717) is 16.6 Å². The molecule has 3 aromatic carbocycles. The molecule has 5 heterocycles. The molecule has 0 fully saturated rings. The number of furan rings is 1. The van der Waals surface area contributed by atoms with E-state index in [2.05, 4.69) is 22.1 Å². The minimum absolute atomic E-state index is 0. The summed E-state index contributed by atoms with van der Waals surface area (Å²) in [5, 5.41) is 7.43. The van der Waals surface area contributed by atoms with Crippen molar-refractivity contribution in [3.8, 4) is 11.3 Å². The Morgan fingerprint density at radius 3 is 2.44 bits per heavy atom. The molecule has 0 aliphatic heterocycles. The number of pyridine rings is 3. The van der Waals surface area contributed by atoms with Crippen molar-refractivity contribution in [1.82, 2.24) is 19.6 Å². The molecule has 5 nitrogen and oxygen atoms in total.